The van der Waals surface area contributed by atoms with Crippen LogP contribution in [0.1, 0.15) is 24.2 Å². The van der Waals surface area contributed by atoms with Crippen molar-refractivity contribution in [2.75, 3.05) is 43.4 Å². The molecule has 1 aromatic rings. The maximum Gasteiger partial charge on any atom is 0.313 e. The van der Waals surface area contributed by atoms with Crippen LogP contribution in [0.15, 0.2) is 18.3 Å². The van der Waals surface area contributed by atoms with Crippen molar-refractivity contribution in [1.29, 1.82) is 0 Å². The van der Waals surface area contributed by atoms with Gasteiger partial charge in [-0.2, -0.15) is 0 Å². The molecular formula is C17H24N4O5S. The van der Waals surface area contributed by atoms with E-state index in [0.29, 0.717) is 24.5 Å². The van der Waals surface area contributed by atoms with Crippen LogP contribution in [-0.4, -0.2) is 73.2 Å². The van der Waals surface area contributed by atoms with Crippen LogP contribution in [0.2, 0.25) is 0 Å². The molecule has 2 aliphatic heterocycles. The molecule has 148 valence electrons. The second kappa shape index (κ2) is 7.08. The van der Waals surface area contributed by atoms with Crippen molar-refractivity contribution in [1.82, 2.24) is 14.6 Å². The first-order valence-electron chi connectivity index (χ1n) is 8.94. The molecule has 0 saturated carbocycles. The average Bonchev–Trinajstić information content (AvgIpc) is 3.18. The van der Waals surface area contributed by atoms with Gasteiger partial charge in [0.1, 0.15) is 11.2 Å². The standard InChI is InChI=1S/C17H24N4O5S/c1-3-18-15(22)12-5-6-14(19-7-12)20-8-13-9-21(27(25,26)4-2)11-17(13,10-20)16(23)24/h5-7,13H,3-4,8-11H2,1-2H3,(H,18,22)(H,23,24)/t13-,17-/m0/s1. The van der Waals surface area contributed by atoms with Crippen LogP contribution >= 0.6 is 0 Å². The Morgan fingerprint density at radius 1 is 1.30 bits per heavy atom. The fourth-order valence-corrected chi connectivity index (χ4v) is 5.06. The van der Waals surface area contributed by atoms with Crippen LogP contribution in [0.3, 0.4) is 0 Å². The number of fused-ring (bicyclic) bond motifs is 1. The molecule has 0 unspecified atom stereocenters. The third kappa shape index (κ3) is 3.39. The van der Waals surface area contributed by atoms with Crippen LogP contribution in [0, 0.1) is 11.3 Å². The minimum Gasteiger partial charge on any atom is -0.481 e. The maximum atomic E-state index is 12.2. The highest BCUT2D eigenvalue weighted by molar-refractivity contribution is 7.89. The summed E-state index contributed by atoms with van der Waals surface area (Å²) in [6.07, 6.45) is 1.47. The summed E-state index contributed by atoms with van der Waals surface area (Å²) in [6.45, 7) is 4.70. The van der Waals surface area contributed by atoms with E-state index in [1.165, 1.54) is 10.5 Å². The number of sulfonamides is 1. The second-order valence-corrected chi connectivity index (χ2v) is 9.25. The number of nitrogens with zero attached hydrogens (tertiary/aromatic N) is 3. The minimum absolute atomic E-state index is 0.0172. The Kier molecular flexibility index (Phi) is 5.13. The van der Waals surface area contributed by atoms with E-state index in [4.69, 9.17) is 0 Å². The topological polar surface area (TPSA) is 120 Å². The summed E-state index contributed by atoms with van der Waals surface area (Å²) in [4.78, 5) is 30.0. The molecule has 3 heterocycles. The molecule has 3 rings (SSSR count). The number of aromatic nitrogens is 1. The average molecular weight is 396 g/mol. The molecule has 0 aromatic carbocycles. The summed E-state index contributed by atoms with van der Waals surface area (Å²) in [5.41, 5.74) is -0.699. The van der Waals surface area contributed by atoms with Gasteiger partial charge in [-0.25, -0.2) is 17.7 Å². The van der Waals surface area contributed by atoms with Crippen LogP contribution in [0.5, 0.6) is 0 Å². The second-order valence-electron chi connectivity index (χ2n) is 7.00. The highest BCUT2D eigenvalue weighted by atomic mass is 32.2. The highest BCUT2D eigenvalue weighted by Gasteiger charge is 2.59. The van der Waals surface area contributed by atoms with Gasteiger partial charge in [-0.05, 0) is 26.0 Å². The third-order valence-corrected chi connectivity index (χ3v) is 7.23. The number of anilines is 1. The summed E-state index contributed by atoms with van der Waals surface area (Å²) >= 11 is 0. The van der Waals surface area contributed by atoms with Crippen LogP contribution in [-0.2, 0) is 14.8 Å². The Bertz CT molecular complexity index is 841. The molecule has 0 radical (unpaired) electrons. The monoisotopic (exact) mass is 396 g/mol. The molecule has 2 aliphatic rings. The van der Waals surface area contributed by atoms with Gasteiger partial charge in [-0.15, -0.1) is 0 Å². The SMILES string of the molecule is CCNC(=O)c1ccc(N2C[C@H]3CN(S(=O)(=O)CC)C[C@@]3(C(=O)O)C2)nc1. The third-order valence-electron chi connectivity index (χ3n) is 5.43. The lowest BCUT2D eigenvalue weighted by atomic mass is 9.81. The van der Waals surface area contributed by atoms with Crippen molar-refractivity contribution in [3.05, 3.63) is 23.9 Å². The fraction of sp³-hybridized carbons (Fsp3) is 0.588. The number of carboxylic acids is 1. The van der Waals surface area contributed by atoms with Crippen molar-refractivity contribution in [3.63, 3.8) is 0 Å². The molecule has 2 N–H and O–H groups in total. The number of rotatable bonds is 6. The van der Waals surface area contributed by atoms with Crippen molar-refractivity contribution in [2.24, 2.45) is 11.3 Å². The van der Waals surface area contributed by atoms with E-state index in [0.717, 1.165) is 0 Å². The van der Waals surface area contributed by atoms with E-state index >= 15 is 0 Å². The lowest BCUT2D eigenvalue weighted by molar-refractivity contribution is -0.148. The highest BCUT2D eigenvalue weighted by Crippen LogP contribution is 2.44. The van der Waals surface area contributed by atoms with Crippen molar-refractivity contribution < 1.29 is 23.1 Å². The number of aliphatic carboxylic acids is 1. The number of amides is 1. The maximum absolute atomic E-state index is 12.2. The van der Waals surface area contributed by atoms with Gasteiger partial charge in [-0.3, -0.25) is 9.59 Å². The summed E-state index contributed by atoms with van der Waals surface area (Å²) in [5, 5.41) is 12.5. The van der Waals surface area contributed by atoms with Gasteiger partial charge in [0.25, 0.3) is 5.91 Å². The summed E-state index contributed by atoms with van der Waals surface area (Å²) in [7, 11) is -3.42. The van der Waals surface area contributed by atoms with Crippen LogP contribution in [0.4, 0.5) is 5.82 Å². The Balaban J connectivity index is 1.79. The van der Waals surface area contributed by atoms with Crippen LogP contribution in [0.25, 0.3) is 0 Å². The lowest BCUT2D eigenvalue weighted by Crippen LogP contribution is -2.42. The zero-order valence-electron chi connectivity index (χ0n) is 15.4. The summed E-state index contributed by atoms with van der Waals surface area (Å²) in [5.74, 6) is -0.953. The van der Waals surface area contributed by atoms with E-state index in [2.05, 4.69) is 10.3 Å². The smallest absolute Gasteiger partial charge is 0.313 e. The first-order chi connectivity index (χ1) is 12.7. The molecule has 2 fully saturated rings. The molecule has 2 saturated heterocycles. The number of nitrogens with one attached hydrogen (secondary N) is 1. The Morgan fingerprint density at radius 2 is 2.04 bits per heavy atom. The van der Waals surface area contributed by atoms with Gasteiger partial charge in [0.05, 0.1) is 11.3 Å². The molecule has 0 aliphatic carbocycles. The number of hydrogen-bond acceptors (Lipinski definition) is 6. The molecule has 10 heteroatoms. The molecule has 27 heavy (non-hydrogen) atoms. The Hall–Kier alpha value is -2.20. The first-order valence-corrected chi connectivity index (χ1v) is 10.5. The normalized spacial score (nSPS) is 25.4. The van der Waals surface area contributed by atoms with Gasteiger partial charge in [0.2, 0.25) is 10.0 Å². The van der Waals surface area contributed by atoms with Crippen LogP contribution < -0.4 is 10.2 Å². The Morgan fingerprint density at radius 3 is 2.56 bits per heavy atom. The summed E-state index contributed by atoms with van der Waals surface area (Å²) < 4.78 is 25.6. The molecule has 0 spiro atoms. The molecular weight excluding hydrogens is 372 g/mol. The number of carbonyl (C=O) groups excluding carboxylic acids is 1. The molecule has 1 aromatic heterocycles. The molecule has 2 atom stereocenters. The van der Waals surface area contributed by atoms with Gasteiger partial charge >= 0.3 is 5.97 Å². The Labute approximate surface area is 158 Å². The number of pyridine rings is 1. The summed E-state index contributed by atoms with van der Waals surface area (Å²) in [6, 6.07) is 3.35. The minimum atomic E-state index is -3.42. The van der Waals surface area contributed by atoms with Gasteiger partial charge < -0.3 is 15.3 Å². The molecule has 9 nitrogen and oxygen atoms in total. The van der Waals surface area contributed by atoms with Crippen molar-refractivity contribution in [3.8, 4) is 0 Å². The fourth-order valence-electron chi connectivity index (χ4n) is 3.86. The van der Waals surface area contributed by atoms with Gasteiger partial charge in [0.15, 0.2) is 0 Å². The largest absolute Gasteiger partial charge is 0.481 e. The quantitative estimate of drug-likeness (QED) is 0.695. The predicted octanol–water partition coefficient (Wildman–Crippen LogP) is 0.00380. The number of hydrogen-bond donors (Lipinski definition) is 2. The van der Waals surface area contributed by atoms with E-state index in [1.807, 2.05) is 11.8 Å². The van der Waals surface area contributed by atoms with E-state index in [1.54, 1.807) is 19.1 Å². The van der Waals surface area contributed by atoms with Crippen molar-refractivity contribution >= 4 is 27.7 Å². The predicted molar refractivity (Wildman–Crippen MR) is 99.0 cm³/mol. The number of carboxylic acid groups (broad SMARTS) is 1. The molecule has 1 amide bonds. The lowest BCUT2D eigenvalue weighted by Gasteiger charge is -2.25. The zero-order chi connectivity index (χ0) is 19.8. The van der Waals surface area contributed by atoms with E-state index < -0.39 is 21.4 Å². The van der Waals surface area contributed by atoms with Gasteiger partial charge in [-0.1, -0.05) is 0 Å². The van der Waals surface area contributed by atoms with E-state index in [-0.39, 0.29) is 37.2 Å². The van der Waals surface area contributed by atoms with E-state index in [9.17, 15) is 23.1 Å². The number of carbonyl (C=O) groups is 2. The first kappa shape index (κ1) is 19.6. The van der Waals surface area contributed by atoms with Gasteiger partial charge in [0, 0.05) is 44.8 Å². The zero-order valence-corrected chi connectivity index (χ0v) is 16.2. The molecule has 0 bridgehead atoms. The van der Waals surface area contributed by atoms with Crippen molar-refractivity contribution in [2.45, 2.75) is 13.8 Å².